The number of aryl methyl sites for hydroxylation is 1. The second kappa shape index (κ2) is 5.96. The Balaban J connectivity index is 1.63. The Morgan fingerprint density at radius 2 is 1.70 bits per heavy atom. The lowest BCUT2D eigenvalue weighted by atomic mass is 9.94. The molecule has 0 saturated carbocycles. The number of fused-ring (bicyclic) bond motifs is 1. The molecule has 2 aromatic carbocycles. The van der Waals surface area contributed by atoms with Crippen LogP contribution in [0.3, 0.4) is 0 Å². The molecule has 1 atom stereocenters. The van der Waals surface area contributed by atoms with Crippen molar-refractivity contribution in [2.45, 2.75) is 32.1 Å². The van der Waals surface area contributed by atoms with Crippen LogP contribution in [-0.2, 0) is 6.42 Å². The standard InChI is InChI=1S/C19H21N/c1-15(8-7-11-16-9-3-2-4-10-16)18-14-20-19-13-6-5-12-17(18)19/h2-6,9-10,12-15,20H,7-8,11H2,1H3. The Hall–Kier alpha value is -2.02. The fourth-order valence-corrected chi connectivity index (χ4v) is 2.91. The first-order chi connectivity index (χ1) is 9.84. The molecule has 1 N–H and O–H groups in total. The van der Waals surface area contributed by atoms with Crippen LogP contribution in [0, 0.1) is 0 Å². The minimum absolute atomic E-state index is 0.606. The van der Waals surface area contributed by atoms with Gasteiger partial charge < -0.3 is 4.98 Å². The monoisotopic (exact) mass is 263 g/mol. The van der Waals surface area contributed by atoms with Crippen LogP contribution >= 0.6 is 0 Å². The van der Waals surface area contributed by atoms with Gasteiger partial charge in [-0.3, -0.25) is 0 Å². The smallest absolute Gasteiger partial charge is 0.0456 e. The molecule has 102 valence electrons. The highest BCUT2D eigenvalue weighted by molar-refractivity contribution is 5.83. The van der Waals surface area contributed by atoms with Crippen LogP contribution < -0.4 is 0 Å². The molecule has 0 amide bonds. The minimum atomic E-state index is 0.606. The van der Waals surface area contributed by atoms with Gasteiger partial charge in [0.2, 0.25) is 0 Å². The number of rotatable bonds is 5. The Bertz CT molecular complexity index is 666. The first-order valence-corrected chi connectivity index (χ1v) is 7.44. The first kappa shape index (κ1) is 13.0. The molecule has 0 aliphatic carbocycles. The predicted molar refractivity (Wildman–Crippen MR) is 86.1 cm³/mol. The lowest BCUT2D eigenvalue weighted by Crippen LogP contribution is -1.94. The van der Waals surface area contributed by atoms with Crippen molar-refractivity contribution < 1.29 is 0 Å². The van der Waals surface area contributed by atoms with Crippen LogP contribution in [0.5, 0.6) is 0 Å². The SMILES string of the molecule is CC(CCCc1ccccc1)c1c[nH]c2ccccc12. The van der Waals surface area contributed by atoms with Gasteiger partial charge in [0.05, 0.1) is 0 Å². The highest BCUT2D eigenvalue weighted by atomic mass is 14.7. The normalized spacial score (nSPS) is 12.7. The summed E-state index contributed by atoms with van der Waals surface area (Å²) in [5.74, 6) is 0.606. The van der Waals surface area contributed by atoms with Gasteiger partial charge in [-0.1, -0.05) is 55.5 Å². The Labute approximate surface area is 120 Å². The van der Waals surface area contributed by atoms with Crippen molar-refractivity contribution in [1.82, 2.24) is 4.98 Å². The fraction of sp³-hybridized carbons (Fsp3) is 0.263. The van der Waals surface area contributed by atoms with Crippen LogP contribution in [0.1, 0.15) is 36.8 Å². The number of hydrogen-bond donors (Lipinski definition) is 1. The van der Waals surface area contributed by atoms with Crippen LogP contribution in [0.2, 0.25) is 0 Å². The molecule has 0 saturated heterocycles. The van der Waals surface area contributed by atoms with E-state index in [1.165, 1.54) is 41.3 Å². The second-order valence-electron chi connectivity index (χ2n) is 5.57. The number of para-hydroxylation sites is 1. The van der Waals surface area contributed by atoms with Crippen molar-refractivity contribution in [3.05, 3.63) is 71.9 Å². The van der Waals surface area contributed by atoms with Gasteiger partial charge in [0, 0.05) is 17.1 Å². The maximum absolute atomic E-state index is 3.38. The number of aromatic nitrogens is 1. The molecule has 1 aromatic heterocycles. The van der Waals surface area contributed by atoms with Gasteiger partial charge in [0.25, 0.3) is 0 Å². The summed E-state index contributed by atoms with van der Waals surface area (Å²) in [7, 11) is 0. The zero-order chi connectivity index (χ0) is 13.8. The van der Waals surface area contributed by atoms with Crippen molar-refractivity contribution in [3.63, 3.8) is 0 Å². The van der Waals surface area contributed by atoms with Crippen molar-refractivity contribution in [2.24, 2.45) is 0 Å². The lowest BCUT2D eigenvalue weighted by Gasteiger charge is -2.10. The molecular weight excluding hydrogens is 242 g/mol. The van der Waals surface area contributed by atoms with E-state index in [0.717, 1.165) is 0 Å². The Morgan fingerprint density at radius 3 is 2.55 bits per heavy atom. The fourth-order valence-electron chi connectivity index (χ4n) is 2.91. The van der Waals surface area contributed by atoms with E-state index in [1.807, 2.05) is 0 Å². The summed E-state index contributed by atoms with van der Waals surface area (Å²) in [6, 6.07) is 19.3. The summed E-state index contributed by atoms with van der Waals surface area (Å²) < 4.78 is 0. The molecule has 0 aliphatic heterocycles. The minimum Gasteiger partial charge on any atom is -0.361 e. The van der Waals surface area contributed by atoms with E-state index in [-0.39, 0.29) is 0 Å². The van der Waals surface area contributed by atoms with E-state index in [1.54, 1.807) is 0 Å². The van der Waals surface area contributed by atoms with Crippen molar-refractivity contribution in [1.29, 1.82) is 0 Å². The number of nitrogens with one attached hydrogen (secondary N) is 1. The number of aromatic amines is 1. The summed E-state index contributed by atoms with van der Waals surface area (Å²) in [4.78, 5) is 3.38. The van der Waals surface area contributed by atoms with Gasteiger partial charge in [-0.25, -0.2) is 0 Å². The molecule has 0 aliphatic rings. The van der Waals surface area contributed by atoms with Gasteiger partial charge >= 0.3 is 0 Å². The maximum atomic E-state index is 3.38. The lowest BCUT2D eigenvalue weighted by molar-refractivity contribution is 0.637. The largest absolute Gasteiger partial charge is 0.361 e. The average molecular weight is 263 g/mol. The van der Waals surface area contributed by atoms with Crippen molar-refractivity contribution >= 4 is 10.9 Å². The zero-order valence-electron chi connectivity index (χ0n) is 12.0. The molecule has 0 fully saturated rings. The van der Waals surface area contributed by atoms with E-state index in [0.29, 0.717) is 5.92 Å². The summed E-state index contributed by atoms with van der Waals surface area (Å²) in [5.41, 5.74) is 4.14. The molecule has 1 nitrogen and oxygen atoms in total. The molecule has 0 spiro atoms. The predicted octanol–water partition coefficient (Wildman–Crippen LogP) is 5.29. The molecular formula is C19H21N. The highest BCUT2D eigenvalue weighted by Gasteiger charge is 2.10. The molecule has 0 radical (unpaired) electrons. The van der Waals surface area contributed by atoms with E-state index >= 15 is 0 Å². The summed E-state index contributed by atoms with van der Waals surface area (Å²) >= 11 is 0. The summed E-state index contributed by atoms with van der Waals surface area (Å²) in [6.45, 7) is 2.33. The van der Waals surface area contributed by atoms with Gasteiger partial charge in [-0.2, -0.15) is 0 Å². The topological polar surface area (TPSA) is 15.8 Å². The molecule has 1 heterocycles. The third kappa shape index (κ3) is 2.77. The van der Waals surface area contributed by atoms with Gasteiger partial charge in [-0.05, 0) is 42.4 Å². The van der Waals surface area contributed by atoms with E-state index in [4.69, 9.17) is 0 Å². The van der Waals surface area contributed by atoms with Crippen molar-refractivity contribution in [3.8, 4) is 0 Å². The highest BCUT2D eigenvalue weighted by Crippen LogP contribution is 2.28. The average Bonchev–Trinajstić information content (AvgIpc) is 2.92. The summed E-state index contributed by atoms with van der Waals surface area (Å²) in [5, 5.41) is 1.37. The Kier molecular flexibility index (Phi) is 3.87. The quantitative estimate of drug-likeness (QED) is 0.643. The Morgan fingerprint density at radius 1 is 0.950 bits per heavy atom. The van der Waals surface area contributed by atoms with Gasteiger partial charge in [0.1, 0.15) is 0 Å². The van der Waals surface area contributed by atoms with Gasteiger partial charge in [-0.15, -0.1) is 0 Å². The molecule has 20 heavy (non-hydrogen) atoms. The molecule has 0 bridgehead atoms. The number of hydrogen-bond acceptors (Lipinski definition) is 0. The first-order valence-electron chi connectivity index (χ1n) is 7.44. The van der Waals surface area contributed by atoms with E-state index < -0.39 is 0 Å². The third-order valence-corrected chi connectivity index (χ3v) is 4.10. The van der Waals surface area contributed by atoms with Crippen LogP contribution in [0.4, 0.5) is 0 Å². The van der Waals surface area contributed by atoms with Crippen LogP contribution in [0.15, 0.2) is 60.8 Å². The third-order valence-electron chi connectivity index (χ3n) is 4.10. The molecule has 3 aromatic rings. The number of benzene rings is 2. The van der Waals surface area contributed by atoms with Crippen LogP contribution in [-0.4, -0.2) is 4.98 Å². The second-order valence-corrected chi connectivity index (χ2v) is 5.57. The molecule has 1 unspecified atom stereocenters. The maximum Gasteiger partial charge on any atom is 0.0456 e. The molecule has 1 heteroatoms. The summed E-state index contributed by atoms with van der Waals surface area (Å²) in [6.07, 6.45) is 5.83. The van der Waals surface area contributed by atoms with E-state index in [2.05, 4.69) is 72.7 Å². The van der Waals surface area contributed by atoms with Gasteiger partial charge in [0.15, 0.2) is 0 Å². The number of H-pyrrole nitrogens is 1. The molecule has 3 rings (SSSR count). The van der Waals surface area contributed by atoms with Crippen LogP contribution in [0.25, 0.3) is 10.9 Å². The zero-order valence-corrected chi connectivity index (χ0v) is 12.0. The van der Waals surface area contributed by atoms with Crippen molar-refractivity contribution in [2.75, 3.05) is 0 Å². The van der Waals surface area contributed by atoms with E-state index in [9.17, 15) is 0 Å².